The van der Waals surface area contributed by atoms with Crippen LogP contribution in [-0.2, 0) is 9.53 Å². The van der Waals surface area contributed by atoms with Gasteiger partial charge in [-0.1, -0.05) is 33.8 Å². The van der Waals surface area contributed by atoms with Gasteiger partial charge in [-0.2, -0.15) is 0 Å². The van der Waals surface area contributed by atoms with Gasteiger partial charge >= 0.3 is 5.97 Å². The first-order valence-corrected chi connectivity index (χ1v) is 5.41. The molecular weight excluding hydrogens is 176 g/mol. The van der Waals surface area contributed by atoms with E-state index in [0.717, 1.165) is 18.8 Å². The molecule has 0 aliphatic carbocycles. The van der Waals surface area contributed by atoms with E-state index in [1.165, 1.54) is 12.5 Å². The second-order valence-electron chi connectivity index (χ2n) is 3.88. The normalized spacial score (nSPS) is 14.5. The van der Waals surface area contributed by atoms with Crippen molar-refractivity contribution in [1.82, 2.24) is 0 Å². The Bertz CT molecular complexity index is 175. The van der Waals surface area contributed by atoms with Gasteiger partial charge in [0.2, 0.25) is 0 Å². The average Bonchev–Trinajstić information content (AvgIpc) is 2.22. The summed E-state index contributed by atoms with van der Waals surface area (Å²) in [5.41, 5.74) is 0. The summed E-state index contributed by atoms with van der Waals surface area (Å²) >= 11 is 0. The molecule has 0 N–H and O–H groups in total. The third kappa shape index (κ3) is 5.79. The van der Waals surface area contributed by atoms with Crippen LogP contribution in [0.15, 0.2) is 12.7 Å². The van der Waals surface area contributed by atoms with Crippen LogP contribution in [0.1, 0.15) is 40.0 Å². The van der Waals surface area contributed by atoms with E-state index in [-0.39, 0.29) is 5.97 Å². The molecule has 82 valence electrons. The summed E-state index contributed by atoms with van der Waals surface area (Å²) in [6.45, 7) is 10.6. The van der Waals surface area contributed by atoms with Crippen LogP contribution in [0, 0.1) is 11.8 Å². The molecule has 0 amide bonds. The van der Waals surface area contributed by atoms with Crippen molar-refractivity contribution < 1.29 is 9.53 Å². The summed E-state index contributed by atoms with van der Waals surface area (Å²) in [6, 6.07) is 0. The van der Waals surface area contributed by atoms with Crippen LogP contribution in [-0.4, -0.2) is 12.6 Å². The molecule has 0 saturated carbocycles. The minimum Gasteiger partial charge on any atom is -0.463 e. The molecule has 0 rings (SSSR count). The van der Waals surface area contributed by atoms with Crippen molar-refractivity contribution in [1.29, 1.82) is 0 Å². The van der Waals surface area contributed by atoms with Crippen molar-refractivity contribution in [2.24, 2.45) is 11.8 Å². The maximum atomic E-state index is 10.7. The highest BCUT2D eigenvalue weighted by molar-refractivity contribution is 5.81. The summed E-state index contributed by atoms with van der Waals surface area (Å²) in [7, 11) is 0. The van der Waals surface area contributed by atoms with Gasteiger partial charge < -0.3 is 4.74 Å². The van der Waals surface area contributed by atoms with E-state index in [2.05, 4.69) is 27.4 Å². The van der Waals surface area contributed by atoms with Crippen molar-refractivity contribution in [3.63, 3.8) is 0 Å². The fourth-order valence-electron chi connectivity index (χ4n) is 1.32. The predicted molar refractivity (Wildman–Crippen MR) is 59.0 cm³/mol. The third-order valence-corrected chi connectivity index (χ3v) is 2.83. The lowest BCUT2D eigenvalue weighted by atomic mass is 9.90. The van der Waals surface area contributed by atoms with Crippen molar-refractivity contribution >= 4 is 5.97 Å². The molecule has 2 nitrogen and oxygen atoms in total. The maximum Gasteiger partial charge on any atom is 0.330 e. The standard InChI is InChI=1S/C12H22O2/c1-5-10(3)11(4)8-7-9-14-12(13)6-2/h6,10-11H,2,5,7-9H2,1,3-4H3. The van der Waals surface area contributed by atoms with Crippen molar-refractivity contribution in [3.05, 3.63) is 12.7 Å². The van der Waals surface area contributed by atoms with Gasteiger partial charge in [0.1, 0.15) is 0 Å². The van der Waals surface area contributed by atoms with Crippen molar-refractivity contribution in [2.75, 3.05) is 6.61 Å². The van der Waals surface area contributed by atoms with Gasteiger partial charge in [-0.05, 0) is 24.7 Å². The van der Waals surface area contributed by atoms with Crippen LogP contribution in [0.2, 0.25) is 0 Å². The smallest absolute Gasteiger partial charge is 0.330 e. The Morgan fingerprint density at radius 2 is 2.07 bits per heavy atom. The fourth-order valence-corrected chi connectivity index (χ4v) is 1.32. The van der Waals surface area contributed by atoms with E-state index in [4.69, 9.17) is 4.74 Å². The Labute approximate surface area is 87.3 Å². The monoisotopic (exact) mass is 198 g/mol. The number of ether oxygens (including phenoxy) is 1. The topological polar surface area (TPSA) is 26.3 Å². The zero-order valence-corrected chi connectivity index (χ0v) is 9.58. The minimum atomic E-state index is -0.318. The van der Waals surface area contributed by atoms with E-state index in [1.807, 2.05) is 0 Å². The maximum absolute atomic E-state index is 10.7. The second-order valence-corrected chi connectivity index (χ2v) is 3.88. The van der Waals surface area contributed by atoms with Gasteiger partial charge in [0.25, 0.3) is 0 Å². The van der Waals surface area contributed by atoms with E-state index < -0.39 is 0 Å². The lowest BCUT2D eigenvalue weighted by molar-refractivity contribution is -0.137. The molecule has 2 heteroatoms. The number of hydrogen-bond acceptors (Lipinski definition) is 2. The Kier molecular flexibility index (Phi) is 7.17. The third-order valence-electron chi connectivity index (χ3n) is 2.83. The molecule has 2 unspecified atom stereocenters. The van der Waals surface area contributed by atoms with Crippen LogP contribution in [0.5, 0.6) is 0 Å². The molecule has 0 radical (unpaired) electrons. The first-order chi connectivity index (χ1) is 6.61. The Morgan fingerprint density at radius 1 is 1.43 bits per heavy atom. The van der Waals surface area contributed by atoms with E-state index in [0.29, 0.717) is 12.5 Å². The summed E-state index contributed by atoms with van der Waals surface area (Å²) in [4.78, 5) is 10.7. The van der Waals surface area contributed by atoms with Gasteiger partial charge in [-0.25, -0.2) is 4.79 Å². The Balaban J connectivity index is 3.44. The minimum absolute atomic E-state index is 0.318. The van der Waals surface area contributed by atoms with Crippen molar-refractivity contribution in [3.8, 4) is 0 Å². The van der Waals surface area contributed by atoms with Gasteiger partial charge in [0.15, 0.2) is 0 Å². The molecule has 0 fully saturated rings. The Hall–Kier alpha value is -0.790. The van der Waals surface area contributed by atoms with Gasteiger partial charge in [-0.15, -0.1) is 0 Å². The molecule has 0 aromatic rings. The molecule has 0 saturated heterocycles. The average molecular weight is 198 g/mol. The molecule has 0 heterocycles. The van der Waals surface area contributed by atoms with E-state index in [9.17, 15) is 4.79 Å². The highest BCUT2D eigenvalue weighted by Gasteiger charge is 2.09. The van der Waals surface area contributed by atoms with E-state index in [1.54, 1.807) is 0 Å². The number of carbonyl (C=O) groups excluding carboxylic acids is 1. The van der Waals surface area contributed by atoms with Gasteiger partial charge in [0.05, 0.1) is 6.61 Å². The highest BCUT2D eigenvalue weighted by Crippen LogP contribution is 2.19. The number of carbonyl (C=O) groups is 1. The number of esters is 1. The Morgan fingerprint density at radius 3 is 2.57 bits per heavy atom. The molecule has 0 aromatic heterocycles. The molecule has 14 heavy (non-hydrogen) atoms. The first-order valence-electron chi connectivity index (χ1n) is 5.41. The molecule has 0 aliphatic heterocycles. The summed E-state index contributed by atoms with van der Waals surface area (Å²) in [5.74, 6) is 1.15. The molecule has 0 aromatic carbocycles. The zero-order valence-electron chi connectivity index (χ0n) is 9.58. The van der Waals surface area contributed by atoms with Crippen LogP contribution in [0.3, 0.4) is 0 Å². The van der Waals surface area contributed by atoms with Crippen LogP contribution >= 0.6 is 0 Å². The fraction of sp³-hybridized carbons (Fsp3) is 0.750. The predicted octanol–water partition coefficient (Wildman–Crippen LogP) is 3.18. The van der Waals surface area contributed by atoms with Gasteiger partial charge in [-0.3, -0.25) is 0 Å². The number of rotatable bonds is 7. The molecule has 0 spiro atoms. The molecular formula is C12H22O2. The lowest BCUT2D eigenvalue weighted by Crippen LogP contribution is -2.09. The van der Waals surface area contributed by atoms with Crippen LogP contribution in [0.4, 0.5) is 0 Å². The number of hydrogen-bond donors (Lipinski definition) is 0. The summed E-state index contributed by atoms with van der Waals surface area (Å²) in [5, 5.41) is 0. The summed E-state index contributed by atoms with van der Waals surface area (Å²) in [6.07, 6.45) is 4.50. The second kappa shape index (κ2) is 7.60. The quantitative estimate of drug-likeness (QED) is 0.357. The molecule has 0 aliphatic rings. The first kappa shape index (κ1) is 13.2. The molecule has 2 atom stereocenters. The SMILES string of the molecule is C=CC(=O)OCCCC(C)C(C)CC. The highest BCUT2D eigenvalue weighted by atomic mass is 16.5. The zero-order chi connectivity index (χ0) is 11.0. The van der Waals surface area contributed by atoms with E-state index >= 15 is 0 Å². The summed E-state index contributed by atoms with van der Waals surface area (Å²) < 4.78 is 4.90. The molecule has 0 bridgehead atoms. The lowest BCUT2D eigenvalue weighted by Gasteiger charge is -2.17. The van der Waals surface area contributed by atoms with Crippen LogP contribution < -0.4 is 0 Å². The largest absolute Gasteiger partial charge is 0.463 e. The van der Waals surface area contributed by atoms with Crippen molar-refractivity contribution in [2.45, 2.75) is 40.0 Å². The van der Waals surface area contributed by atoms with Gasteiger partial charge in [0, 0.05) is 6.08 Å². The van der Waals surface area contributed by atoms with Crippen LogP contribution in [0.25, 0.3) is 0 Å².